The highest BCUT2D eigenvalue weighted by molar-refractivity contribution is 7.98. The molecule has 6 aromatic rings. The average molecular weight is 1610 g/mol. The summed E-state index contributed by atoms with van der Waals surface area (Å²) in [7, 11) is 4.35. The van der Waals surface area contributed by atoms with E-state index in [0.29, 0.717) is 36.8 Å². The van der Waals surface area contributed by atoms with Crippen LogP contribution < -0.4 is 97.0 Å². The predicted molar refractivity (Wildman–Crippen MR) is 396 cm³/mol. The van der Waals surface area contributed by atoms with Crippen molar-refractivity contribution in [1.82, 2.24) is 29.4 Å². The number of thioether (sulfide) groups is 1. The van der Waals surface area contributed by atoms with Crippen LogP contribution in [0.25, 0.3) is 0 Å². The van der Waals surface area contributed by atoms with Crippen LogP contribution in [0.5, 0.6) is 5.75 Å². The van der Waals surface area contributed by atoms with Gasteiger partial charge in [0, 0.05) is 154 Å². The Morgan fingerprint density at radius 1 is 0.453 bits per heavy atom. The topological polar surface area (TPSA) is 400 Å². The summed E-state index contributed by atoms with van der Waals surface area (Å²) in [5, 5.41) is 81.6. The number of likely N-dealkylation sites (N-methyl/N-ethyl adjacent to an activating group) is 1. The molecule has 0 aliphatic carbocycles. The molecule has 106 heavy (non-hydrogen) atoms. The molecule has 574 valence electrons. The van der Waals surface area contributed by atoms with E-state index in [1.165, 1.54) is 78.5 Å². The molecule has 3 aliphatic rings. The smallest absolute Gasteiger partial charge is 0.391 e. The Kier molecular flexibility index (Phi) is 39.4. The van der Waals surface area contributed by atoms with E-state index >= 15 is 0 Å². The van der Waals surface area contributed by atoms with Gasteiger partial charge in [-0.15, -0.1) is 11.8 Å². The third-order valence-corrected chi connectivity index (χ3v) is 17.1. The molecule has 0 spiro atoms. The molecule has 0 fully saturated rings. The van der Waals surface area contributed by atoms with Crippen molar-refractivity contribution in [2.75, 3.05) is 170 Å². The molecule has 0 atom stereocenters. The monoisotopic (exact) mass is 1610 g/mol. The summed E-state index contributed by atoms with van der Waals surface area (Å²) in [5.74, 6) is 0.322. The van der Waals surface area contributed by atoms with Crippen LogP contribution in [-0.2, 0) is 0 Å². The highest BCUT2D eigenvalue weighted by Crippen LogP contribution is 2.35. The Morgan fingerprint density at radius 3 is 1.33 bits per heavy atom. The molecule has 0 radical (unpaired) electrons. The second-order valence-corrected chi connectivity index (χ2v) is 25.4. The second-order valence-electron chi connectivity index (χ2n) is 24.5. The summed E-state index contributed by atoms with van der Waals surface area (Å²) in [4.78, 5) is 76.7. The molecule has 0 unspecified atom stereocenters. The molecular formula is C68H89BrCl3N20O13S-. The van der Waals surface area contributed by atoms with Gasteiger partial charge >= 0.3 is 12.4 Å². The summed E-state index contributed by atoms with van der Waals surface area (Å²) in [6, 6.07) is 33.3. The number of nitrogen functional groups attached to an aromatic ring is 2. The van der Waals surface area contributed by atoms with E-state index in [9.17, 15) is 60.7 Å². The summed E-state index contributed by atoms with van der Waals surface area (Å²) in [6.45, 7) is 13.5. The fraction of sp³-hybridized carbons (Fsp3) is 0.382. The number of rotatable bonds is 40. The number of nitrogens with one attached hydrogen (secondary N) is 5. The number of non-ortho nitro benzene ring substituents is 4. The standard InChI is InChI=1S/C25H35N7O4.C22H29N7O4S.C21H25N6O5.BrH.3ClH/c1-32(2,20-14-27-24-7-3-4-8-25(24)31(35)36)19-6-16-29-18-17-28(21-29)15-5-13-26-22-9-11-23(12-10-22)30(33)34;1-34-22-14-19(23)21(29(32)33)15-20(22)25-9-3-11-27-13-12-26(16-27)10-2-8-24-17-4-6-18(7-5-17)28(30)31;22-20-8-7-19(27(30)31)15-21(20)32-14-2-11-25-13-12-24(16-25)10-1-9-23-17-3-5-18(6-4-17)26(28)29;;;;/h3-4,7-12,17,26-27H,5-6,13-16,19-21H2,1-2H3;4-7,12-15,24-25H,2-3,8-11,16,23H2,1H3;3-8,12,15,23H,1-2,9-11,14,16,22H2;4*1H/q+2;;+1;;;;/p-4. The highest BCUT2D eigenvalue weighted by Gasteiger charge is 2.27. The van der Waals surface area contributed by atoms with Crippen LogP contribution in [0, 0.1) is 73.1 Å². The van der Waals surface area contributed by atoms with Gasteiger partial charge in [-0.05, 0) is 86.5 Å². The zero-order valence-electron chi connectivity index (χ0n) is 58.9. The number of ether oxygens (including phenoxy) is 1. The van der Waals surface area contributed by atoms with Crippen molar-refractivity contribution >= 4 is 85.7 Å². The average Bonchev–Trinajstić information content (AvgIpc) is 0.972. The Labute approximate surface area is 648 Å². The van der Waals surface area contributed by atoms with Gasteiger partial charge in [-0.25, -0.2) is 0 Å². The summed E-state index contributed by atoms with van der Waals surface area (Å²) in [5.41, 5.74) is 16.2. The fourth-order valence-corrected chi connectivity index (χ4v) is 11.4. The van der Waals surface area contributed by atoms with Gasteiger partial charge in [0.2, 0.25) is 0 Å². The molecule has 3 heterocycles. The molecule has 9 N–H and O–H groups in total. The maximum absolute atomic E-state index is 11.2. The van der Waals surface area contributed by atoms with Gasteiger partial charge in [-0.1, -0.05) is 12.1 Å². The summed E-state index contributed by atoms with van der Waals surface area (Å²) >= 11 is 1.50. The van der Waals surface area contributed by atoms with Crippen molar-refractivity contribution in [2.45, 2.75) is 43.4 Å². The fourth-order valence-electron chi connectivity index (χ4n) is 10.8. The lowest BCUT2D eigenvalue weighted by atomic mass is 10.2. The molecule has 9 rings (SSSR count). The van der Waals surface area contributed by atoms with Crippen molar-refractivity contribution in [2.24, 2.45) is 0 Å². The van der Waals surface area contributed by atoms with E-state index in [-0.39, 0.29) is 98.9 Å². The normalized spacial score (nSPS) is 12.3. The Hall–Kier alpha value is -10.4. The van der Waals surface area contributed by atoms with Crippen LogP contribution in [0.1, 0.15) is 38.5 Å². The first-order valence-electron chi connectivity index (χ1n) is 33.1. The largest absolute Gasteiger partial charge is 1.00 e. The lowest BCUT2D eigenvalue weighted by Crippen LogP contribution is -3.00. The molecule has 0 bridgehead atoms. The van der Waals surface area contributed by atoms with E-state index in [0.717, 1.165) is 163 Å². The number of halogens is 4. The lowest BCUT2D eigenvalue weighted by molar-refractivity contribution is -0.888. The number of benzene rings is 6. The Bertz CT molecular complexity index is 3850. The number of hydrogen-bond acceptors (Lipinski definition) is 27. The quantitative estimate of drug-likeness (QED) is 0.00467. The third kappa shape index (κ3) is 30.7. The van der Waals surface area contributed by atoms with E-state index in [1.807, 2.05) is 23.6 Å². The number of quaternary nitrogens is 1. The minimum atomic E-state index is -0.480. The van der Waals surface area contributed by atoms with Crippen LogP contribution in [0.4, 0.5) is 73.9 Å². The number of para-hydroxylation sites is 2. The second kappa shape index (κ2) is 46.4. The highest BCUT2D eigenvalue weighted by atomic mass is 79.9. The maximum atomic E-state index is 11.2. The lowest BCUT2D eigenvalue weighted by Gasteiger charge is -2.30. The van der Waals surface area contributed by atoms with Gasteiger partial charge in [-0.3, -0.25) is 60.7 Å². The molecular weight excluding hydrogens is 1520 g/mol. The number of nitrogens with two attached hydrogens (primary N) is 2. The molecule has 0 amide bonds. The molecule has 33 nitrogen and oxygen atoms in total. The maximum Gasteiger partial charge on any atom is 0.391 e. The van der Waals surface area contributed by atoms with E-state index in [1.54, 1.807) is 60.7 Å². The molecule has 0 saturated carbocycles. The summed E-state index contributed by atoms with van der Waals surface area (Å²) in [6.07, 6.45) is 21.9. The minimum Gasteiger partial charge on any atom is -1.00 e. The number of nitro groups is 6. The van der Waals surface area contributed by atoms with Gasteiger partial charge < -0.3 is 121 Å². The minimum absolute atomic E-state index is 0. The Balaban J connectivity index is 0.000000406. The van der Waals surface area contributed by atoms with E-state index in [2.05, 4.69) is 90.0 Å². The van der Waals surface area contributed by atoms with E-state index < -0.39 is 24.6 Å². The zero-order chi connectivity index (χ0) is 73.4. The Morgan fingerprint density at radius 2 is 0.877 bits per heavy atom. The molecule has 3 aliphatic heterocycles. The first-order valence-corrected chi connectivity index (χ1v) is 34.4. The number of hydrogen-bond donors (Lipinski definition) is 7. The van der Waals surface area contributed by atoms with Crippen LogP contribution in [0.15, 0.2) is 157 Å². The number of nitrogens with zero attached hydrogens (tertiary/aromatic N) is 13. The summed E-state index contributed by atoms with van der Waals surface area (Å²) < 4.78 is 6.43. The first kappa shape index (κ1) is 89.8. The zero-order valence-corrected chi connectivity index (χ0v) is 63.6. The van der Waals surface area contributed by atoms with Crippen molar-refractivity contribution in [3.8, 4) is 5.75 Å². The third-order valence-electron chi connectivity index (χ3n) is 16.3. The van der Waals surface area contributed by atoms with Gasteiger partial charge in [0.05, 0.1) is 107 Å². The van der Waals surface area contributed by atoms with Crippen LogP contribution in [0.3, 0.4) is 0 Å². The molecule has 0 aromatic heterocycles. The van der Waals surface area contributed by atoms with Crippen molar-refractivity contribution in [3.05, 3.63) is 225 Å². The van der Waals surface area contributed by atoms with Gasteiger partial charge in [0.15, 0.2) is 0 Å². The van der Waals surface area contributed by atoms with Crippen LogP contribution >= 0.6 is 11.8 Å². The predicted octanol–water partition coefficient (Wildman–Crippen LogP) is -0.888. The van der Waals surface area contributed by atoms with Crippen molar-refractivity contribution < 1.29 is 93.0 Å². The van der Waals surface area contributed by atoms with Crippen molar-refractivity contribution in [3.63, 3.8) is 0 Å². The van der Waals surface area contributed by atoms with Gasteiger partial charge in [0.1, 0.15) is 30.5 Å². The molecule has 0 saturated heterocycles. The molecule has 6 aromatic carbocycles. The van der Waals surface area contributed by atoms with E-state index in [4.69, 9.17) is 16.2 Å². The van der Waals surface area contributed by atoms with Crippen LogP contribution in [-0.4, -0.2) is 195 Å². The molecule has 38 heteroatoms. The van der Waals surface area contributed by atoms with Gasteiger partial charge in [-0.2, -0.15) is 9.80 Å². The SMILES string of the molecule is CSc1cc(N)c([N+](=O)[O-])cc1NCCCN1C=CN(CCCNc2ccc([N+](=O)[O-])cc2)C1.C[N+](C)(CCCN1[C+]=CN(CCCNc2ccc([N+](=O)[O-])cc2)C1)CCNc1ccccc1[N+](=O)[O-].Nc1ccc([N+](=O)[O-])cc1OCCCN1[C+]=CN(CCCNc2ccc([N+](=O)[O-])cc2)C1.[Br-].[Cl-].[Cl-].[Cl-]. The number of anilines is 7. The first-order chi connectivity index (χ1) is 49.0. The van der Waals surface area contributed by atoms with Gasteiger partial charge in [0.25, 0.3) is 46.5 Å². The van der Waals surface area contributed by atoms with Crippen LogP contribution in [0.2, 0.25) is 0 Å². The number of nitro benzene ring substituents is 6. The van der Waals surface area contributed by atoms with Crippen molar-refractivity contribution in [1.29, 1.82) is 0 Å².